The lowest BCUT2D eigenvalue weighted by Crippen LogP contribution is -2.16. The van der Waals surface area contributed by atoms with Gasteiger partial charge < -0.3 is 15.8 Å². The van der Waals surface area contributed by atoms with Crippen LogP contribution in [0.4, 0.5) is 5.69 Å². The molecule has 0 aliphatic carbocycles. The second-order valence-corrected chi connectivity index (χ2v) is 3.80. The highest BCUT2D eigenvalue weighted by Crippen LogP contribution is 2.30. The zero-order chi connectivity index (χ0) is 12.1. The van der Waals surface area contributed by atoms with Crippen LogP contribution < -0.4 is 15.8 Å². The number of benzene rings is 1. The Morgan fingerprint density at radius 2 is 2.25 bits per heavy atom. The molecule has 1 rings (SSSR count). The normalized spacial score (nSPS) is 10.0. The first kappa shape index (κ1) is 12.8. The Morgan fingerprint density at radius 1 is 1.56 bits per heavy atom. The molecule has 5 heteroatoms. The quantitative estimate of drug-likeness (QED) is 0.848. The van der Waals surface area contributed by atoms with Crippen molar-refractivity contribution in [3.05, 3.63) is 22.7 Å². The van der Waals surface area contributed by atoms with Crippen LogP contribution in [0.25, 0.3) is 0 Å². The molecule has 1 aromatic carbocycles. The number of carbonyl (C=O) groups is 1. The van der Waals surface area contributed by atoms with E-state index in [0.29, 0.717) is 23.0 Å². The van der Waals surface area contributed by atoms with Crippen molar-refractivity contribution in [1.29, 1.82) is 0 Å². The molecule has 0 atom stereocenters. The van der Waals surface area contributed by atoms with Crippen molar-refractivity contribution in [2.75, 3.05) is 19.0 Å². The van der Waals surface area contributed by atoms with E-state index in [4.69, 9.17) is 22.1 Å². The molecule has 16 heavy (non-hydrogen) atoms. The number of nitrogens with two attached hydrogens (primary N) is 1. The van der Waals surface area contributed by atoms with Crippen LogP contribution in [0.2, 0.25) is 5.02 Å². The second-order valence-electron chi connectivity index (χ2n) is 3.39. The van der Waals surface area contributed by atoms with Crippen molar-refractivity contribution in [3.63, 3.8) is 0 Å². The maximum absolute atomic E-state index is 11.4. The predicted octanol–water partition coefficient (Wildman–Crippen LogP) is 1.94. The summed E-state index contributed by atoms with van der Waals surface area (Å²) in [7, 11) is 1.54. The molecule has 0 unspecified atom stereocenters. The van der Waals surface area contributed by atoms with Crippen molar-refractivity contribution in [2.24, 2.45) is 5.73 Å². The van der Waals surface area contributed by atoms with Gasteiger partial charge in [-0.1, -0.05) is 11.6 Å². The largest absolute Gasteiger partial charge is 0.495 e. The van der Waals surface area contributed by atoms with Crippen LogP contribution in [0.1, 0.15) is 12.0 Å². The zero-order valence-corrected chi connectivity index (χ0v) is 10.1. The third-order valence-electron chi connectivity index (χ3n) is 2.13. The summed E-state index contributed by atoms with van der Waals surface area (Å²) in [6, 6.07) is 3.45. The number of rotatable bonds is 4. The maximum Gasteiger partial charge on any atom is 0.225 e. The van der Waals surface area contributed by atoms with Gasteiger partial charge >= 0.3 is 0 Å². The number of ether oxygens (including phenoxy) is 1. The summed E-state index contributed by atoms with van der Waals surface area (Å²) in [4.78, 5) is 11.4. The van der Waals surface area contributed by atoms with Gasteiger partial charge in [0.1, 0.15) is 5.75 Å². The number of anilines is 1. The summed E-state index contributed by atoms with van der Waals surface area (Å²) in [5.74, 6) is 0.438. The average Bonchev–Trinajstić information content (AvgIpc) is 2.23. The molecule has 0 spiro atoms. The number of carbonyl (C=O) groups excluding carboxylic acids is 1. The molecule has 0 bridgehead atoms. The van der Waals surface area contributed by atoms with E-state index >= 15 is 0 Å². The summed E-state index contributed by atoms with van der Waals surface area (Å²) < 4.78 is 5.16. The number of methoxy groups -OCH3 is 1. The third-order valence-corrected chi connectivity index (χ3v) is 2.53. The summed E-state index contributed by atoms with van der Waals surface area (Å²) in [6.07, 6.45) is 0.272. The van der Waals surface area contributed by atoms with E-state index in [0.717, 1.165) is 5.56 Å². The molecule has 1 aromatic rings. The number of aryl methyl sites for hydroxylation is 1. The third kappa shape index (κ3) is 3.12. The highest BCUT2D eigenvalue weighted by Gasteiger charge is 2.09. The molecule has 0 aliphatic heterocycles. The first-order valence-corrected chi connectivity index (χ1v) is 5.30. The lowest BCUT2D eigenvalue weighted by molar-refractivity contribution is -0.116. The minimum atomic E-state index is -0.152. The molecular formula is C11H15ClN2O2. The van der Waals surface area contributed by atoms with Gasteiger partial charge in [-0.2, -0.15) is 0 Å². The Morgan fingerprint density at radius 3 is 2.81 bits per heavy atom. The molecule has 88 valence electrons. The Bertz CT molecular complexity index is 394. The standard InChI is InChI=1S/C11H15ClN2O2/c1-7-5-10(16-2)9(6-8(7)12)14-11(15)3-4-13/h5-6H,3-4,13H2,1-2H3,(H,14,15). The fraction of sp³-hybridized carbons (Fsp3) is 0.364. The maximum atomic E-state index is 11.4. The molecule has 4 nitrogen and oxygen atoms in total. The number of halogens is 1. The van der Waals surface area contributed by atoms with Gasteiger partial charge in [-0.15, -0.1) is 0 Å². The number of nitrogens with one attached hydrogen (secondary N) is 1. The monoisotopic (exact) mass is 242 g/mol. The topological polar surface area (TPSA) is 64.3 Å². The van der Waals surface area contributed by atoms with Crippen LogP contribution in [0.15, 0.2) is 12.1 Å². The van der Waals surface area contributed by atoms with Gasteiger partial charge in [-0.05, 0) is 24.6 Å². The first-order chi connectivity index (χ1) is 7.58. The number of amides is 1. The van der Waals surface area contributed by atoms with Crippen molar-refractivity contribution in [1.82, 2.24) is 0 Å². The van der Waals surface area contributed by atoms with Crippen LogP contribution >= 0.6 is 11.6 Å². The highest BCUT2D eigenvalue weighted by molar-refractivity contribution is 6.31. The van der Waals surface area contributed by atoms with E-state index in [1.165, 1.54) is 0 Å². The summed E-state index contributed by atoms with van der Waals surface area (Å²) in [6.45, 7) is 2.18. The fourth-order valence-electron chi connectivity index (χ4n) is 1.27. The van der Waals surface area contributed by atoms with Gasteiger partial charge in [0, 0.05) is 18.0 Å². The van der Waals surface area contributed by atoms with Crippen LogP contribution in [-0.2, 0) is 4.79 Å². The van der Waals surface area contributed by atoms with Gasteiger partial charge in [-0.25, -0.2) is 0 Å². The summed E-state index contributed by atoms with van der Waals surface area (Å²) >= 11 is 5.97. The van der Waals surface area contributed by atoms with Crippen LogP contribution in [0.3, 0.4) is 0 Å². The SMILES string of the molecule is COc1cc(C)c(Cl)cc1NC(=O)CCN. The van der Waals surface area contributed by atoms with E-state index in [1.54, 1.807) is 19.2 Å². The predicted molar refractivity (Wildman–Crippen MR) is 65.0 cm³/mol. The number of hydrogen-bond acceptors (Lipinski definition) is 3. The number of hydrogen-bond donors (Lipinski definition) is 2. The van der Waals surface area contributed by atoms with Gasteiger partial charge in [0.2, 0.25) is 5.91 Å². The van der Waals surface area contributed by atoms with E-state index in [-0.39, 0.29) is 12.3 Å². The smallest absolute Gasteiger partial charge is 0.225 e. The molecular weight excluding hydrogens is 228 g/mol. The van der Waals surface area contributed by atoms with E-state index in [1.807, 2.05) is 6.92 Å². The Hall–Kier alpha value is -1.26. The molecule has 0 heterocycles. The minimum absolute atomic E-state index is 0.152. The second kappa shape index (κ2) is 5.72. The minimum Gasteiger partial charge on any atom is -0.495 e. The Labute approximate surface area is 99.7 Å². The molecule has 0 aliphatic rings. The van der Waals surface area contributed by atoms with Gasteiger partial charge in [-0.3, -0.25) is 4.79 Å². The van der Waals surface area contributed by atoms with Crippen LogP contribution in [0.5, 0.6) is 5.75 Å². The van der Waals surface area contributed by atoms with E-state index in [9.17, 15) is 4.79 Å². The zero-order valence-electron chi connectivity index (χ0n) is 9.34. The van der Waals surface area contributed by atoms with Crippen molar-refractivity contribution < 1.29 is 9.53 Å². The van der Waals surface area contributed by atoms with Crippen molar-refractivity contribution in [3.8, 4) is 5.75 Å². The molecule has 3 N–H and O–H groups in total. The lowest BCUT2D eigenvalue weighted by Gasteiger charge is -2.11. The van der Waals surface area contributed by atoms with Gasteiger partial charge in [0.25, 0.3) is 0 Å². The van der Waals surface area contributed by atoms with Crippen LogP contribution in [-0.4, -0.2) is 19.6 Å². The van der Waals surface area contributed by atoms with Crippen LogP contribution in [0, 0.1) is 6.92 Å². The molecule has 1 amide bonds. The average molecular weight is 243 g/mol. The Balaban J connectivity index is 2.94. The molecule has 0 aromatic heterocycles. The molecule has 0 radical (unpaired) electrons. The fourth-order valence-corrected chi connectivity index (χ4v) is 1.43. The Kier molecular flexibility index (Phi) is 4.58. The molecule has 0 saturated heterocycles. The highest BCUT2D eigenvalue weighted by atomic mass is 35.5. The molecule has 0 saturated carbocycles. The summed E-state index contributed by atoms with van der Waals surface area (Å²) in [5, 5.41) is 3.29. The van der Waals surface area contributed by atoms with E-state index in [2.05, 4.69) is 5.32 Å². The van der Waals surface area contributed by atoms with E-state index < -0.39 is 0 Å². The van der Waals surface area contributed by atoms with Gasteiger partial charge in [0.05, 0.1) is 12.8 Å². The van der Waals surface area contributed by atoms with Crippen molar-refractivity contribution in [2.45, 2.75) is 13.3 Å². The lowest BCUT2D eigenvalue weighted by atomic mass is 10.2. The first-order valence-electron chi connectivity index (χ1n) is 4.92. The van der Waals surface area contributed by atoms with Gasteiger partial charge in [0.15, 0.2) is 0 Å². The summed E-state index contributed by atoms with van der Waals surface area (Å²) in [5.41, 5.74) is 6.75. The molecule has 0 fully saturated rings. The van der Waals surface area contributed by atoms with Crippen molar-refractivity contribution >= 4 is 23.2 Å².